The largest absolute Gasteiger partial charge is 0.512 e. The summed E-state index contributed by atoms with van der Waals surface area (Å²) < 4.78 is 11.0. The van der Waals surface area contributed by atoms with Crippen molar-refractivity contribution in [2.75, 3.05) is 37.9 Å². The molecule has 6 aliphatic rings. The summed E-state index contributed by atoms with van der Waals surface area (Å²) in [4.78, 5) is 34.2. The van der Waals surface area contributed by atoms with Crippen molar-refractivity contribution in [3.8, 4) is 23.0 Å². The normalized spacial score (nSPS) is 31.1. The number of piperidine rings is 2. The maximum atomic E-state index is 14.9. The number of hydrogen-bond acceptors (Lipinski definition) is 10. The summed E-state index contributed by atoms with van der Waals surface area (Å²) in [6.07, 6.45) is 4.93. The highest BCUT2D eigenvalue weighted by atomic mass is 35.5. The van der Waals surface area contributed by atoms with Gasteiger partial charge in [0.25, 0.3) is 0 Å². The molecule has 9 atom stereocenters. The van der Waals surface area contributed by atoms with Gasteiger partial charge in [-0.05, 0) is 117 Å². The first kappa shape index (κ1) is 40.1. The Morgan fingerprint density at radius 1 is 0.738 bits per heavy atom. The standard InChI is InChI=1S/C47H48Cl2N4O8/c1-60-38-16-10-24(19-35(38)55)40-32-7-3-5-17-52(32)47(29-22-27(49)12-14-31(29)51-45(47)59)43(40)37(57)23-36(56)41-33-8-4-6-18-53(33)46(28-21-26(48)11-13-30(28)50-44(46)58)42(41)25-9-15-34(54)39(20-25)61-2/h9-16,19-23,32-33,36,40-43,54-57H,3-8,17-18H2,1-2H3,(H,50,58)(H,51,59)/b37-23-. The number of benzene rings is 4. The number of fused-ring (bicyclic) bond motifs is 8. The molecule has 0 saturated carbocycles. The van der Waals surface area contributed by atoms with Crippen molar-refractivity contribution < 1.29 is 39.5 Å². The SMILES string of the molecule is COc1ccc(C2C3CCCCN3C3(C(=O)Nc4ccc(Cl)cc43)C2/C(O)=C/C(O)C2C3CCCCN3C3(C(=O)Nc4ccc(Cl)cc43)C2c2ccc(O)c(OC)c2)cc1O. The van der Waals surface area contributed by atoms with Crippen molar-refractivity contribution in [1.82, 2.24) is 9.80 Å². The Balaban J connectivity index is 1.18. The second kappa shape index (κ2) is 14.8. The molecule has 0 aliphatic carbocycles. The molecule has 6 N–H and O–H groups in total. The lowest BCUT2D eigenvalue weighted by atomic mass is 9.68. The lowest BCUT2D eigenvalue weighted by molar-refractivity contribution is -0.130. The second-order valence-corrected chi connectivity index (χ2v) is 18.2. The predicted molar refractivity (Wildman–Crippen MR) is 231 cm³/mol. The number of aliphatic hydroxyl groups excluding tert-OH is 2. The number of aliphatic hydroxyl groups is 2. The average Bonchev–Trinajstić information content (AvgIpc) is 3.93. The van der Waals surface area contributed by atoms with Gasteiger partial charge < -0.3 is 40.5 Å². The van der Waals surface area contributed by atoms with E-state index in [0.717, 1.165) is 32.1 Å². The van der Waals surface area contributed by atoms with Crippen LogP contribution in [0.25, 0.3) is 0 Å². The van der Waals surface area contributed by atoms with Gasteiger partial charge in [0.05, 0.1) is 32.0 Å². The predicted octanol–water partition coefficient (Wildman–Crippen LogP) is 7.76. The van der Waals surface area contributed by atoms with Crippen LogP contribution in [0.2, 0.25) is 10.0 Å². The number of nitrogens with one attached hydrogen (secondary N) is 2. The van der Waals surface area contributed by atoms with Crippen LogP contribution in [0.3, 0.4) is 0 Å². The fourth-order valence-electron chi connectivity index (χ4n) is 12.5. The van der Waals surface area contributed by atoms with E-state index in [0.29, 0.717) is 68.9 Å². The molecule has 6 heterocycles. The molecule has 12 nitrogen and oxygen atoms in total. The van der Waals surface area contributed by atoms with Gasteiger partial charge in [-0.25, -0.2) is 0 Å². The molecule has 318 valence electrons. The van der Waals surface area contributed by atoms with Crippen LogP contribution >= 0.6 is 23.2 Å². The number of rotatable bonds is 7. The molecule has 2 spiro atoms. The zero-order chi connectivity index (χ0) is 42.5. The molecule has 6 aliphatic heterocycles. The van der Waals surface area contributed by atoms with E-state index in [1.165, 1.54) is 26.4 Å². The highest BCUT2D eigenvalue weighted by molar-refractivity contribution is 6.31. The number of halogens is 2. The van der Waals surface area contributed by atoms with Crippen molar-refractivity contribution in [2.45, 2.75) is 79.6 Å². The number of phenolic OH excluding ortho intramolecular Hbond substituents is 2. The molecule has 61 heavy (non-hydrogen) atoms. The number of anilines is 2. The van der Waals surface area contributed by atoms with Gasteiger partial charge in [-0.1, -0.05) is 48.2 Å². The third-order valence-corrected chi connectivity index (χ3v) is 15.2. The second-order valence-electron chi connectivity index (χ2n) is 17.3. The van der Waals surface area contributed by atoms with Crippen molar-refractivity contribution in [1.29, 1.82) is 0 Å². The van der Waals surface area contributed by atoms with E-state index in [-0.39, 0.29) is 46.9 Å². The number of carbonyl (C=O) groups is 2. The lowest BCUT2D eigenvalue weighted by Crippen LogP contribution is -2.54. The van der Waals surface area contributed by atoms with Crippen molar-refractivity contribution in [2.24, 2.45) is 11.8 Å². The Morgan fingerprint density at radius 2 is 1.33 bits per heavy atom. The molecule has 2 amide bonds. The van der Waals surface area contributed by atoms with Gasteiger partial charge in [-0.2, -0.15) is 0 Å². The Kier molecular flexibility index (Phi) is 9.76. The monoisotopic (exact) mass is 866 g/mol. The van der Waals surface area contributed by atoms with Crippen molar-refractivity contribution in [3.63, 3.8) is 0 Å². The third-order valence-electron chi connectivity index (χ3n) is 14.7. The number of amides is 2. The molecular formula is C47H48Cl2N4O8. The number of hydrogen-bond donors (Lipinski definition) is 6. The van der Waals surface area contributed by atoms with Crippen LogP contribution in [0, 0.1) is 11.8 Å². The van der Waals surface area contributed by atoms with Crippen LogP contribution in [0.1, 0.15) is 72.6 Å². The Morgan fingerprint density at radius 3 is 1.97 bits per heavy atom. The van der Waals surface area contributed by atoms with Gasteiger partial charge >= 0.3 is 0 Å². The van der Waals surface area contributed by atoms with E-state index >= 15 is 0 Å². The van der Waals surface area contributed by atoms with Crippen LogP contribution in [0.4, 0.5) is 11.4 Å². The number of methoxy groups -OCH3 is 2. The Hall–Kier alpha value is -4.98. The maximum Gasteiger partial charge on any atom is 0.250 e. The molecular weight excluding hydrogens is 819 g/mol. The average molecular weight is 868 g/mol. The molecule has 0 radical (unpaired) electrons. The van der Waals surface area contributed by atoms with Crippen LogP contribution < -0.4 is 20.1 Å². The molecule has 9 unspecified atom stereocenters. The quantitative estimate of drug-likeness (QED) is 0.101. The van der Waals surface area contributed by atoms with Gasteiger partial charge in [-0.15, -0.1) is 0 Å². The minimum absolute atomic E-state index is 0.0686. The number of phenols is 2. The molecule has 0 bridgehead atoms. The van der Waals surface area contributed by atoms with E-state index in [2.05, 4.69) is 20.4 Å². The first-order valence-corrected chi connectivity index (χ1v) is 21.8. The first-order valence-electron chi connectivity index (χ1n) is 21.0. The lowest BCUT2D eigenvalue weighted by Gasteiger charge is -2.41. The van der Waals surface area contributed by atoms with Gasteiger partial charge in [0.1, 0.15) is 11.1 Å². The molecule has 0 aromatic heterocycles. The number of carbonyl (C=O) groups excluding carboxylic acids is 2. The minimum atomic E-state index is -1.43. The molecule has 10 rings (SSSR count). The summed E-state index contributed by atoms with van der Waals surface area (Å²) >= 11 is 13.4. The smallest absolute Gasteiger partial charge is 0.250 e. The fraction of sp³-hybridized carbons (Fsp3) is 0.404. The number of nitrogens with zero attached hydrogens (tertiary/aromatic N) is 2. The van der Waals surface area contributed by atoms with Gasteiger partial charge in [-0.3, -0.25) is 19.4 Å². The Bertz CT molecular complexity index is 2500. The van der Waals surface area contributed by atoms with E-state index in [4.69, 9.17) is 32.7 Å². The van der Waals surface area contributed by atoms with E-state index in [1.807, 2.05) is 12.1 Å². The summed E-state index contributed by atoms with van der Waals surface area (Å²) in [6, 6.07) is 20.3. The highest BCUT2D eigenvalue weighted by Crippen LogP contribution is 2.65. The molecule has 14 heteroatoms. The van der Waals surface area contributed by atoms with Crippen LogP contribution in [0.15, 0.2) is 84.6 Å². The van der Waals surface area contributed by atoms with Crippen molar-refractivity contribution >= 4 is 46.4 Å². The van der Waals surface area contributed by atoms with E-state index in [1.54, 1.807) is 54.6 Å². The number of aromatic hydroxyl groups is 2. The third kappa shape index (κ3) is 5.68. The highest BCUT2D eigenvalue weighted by Gasteiger charge is 2.70. The summed E-state index contributed by atoms with van der Waals surface area (Å²) in [7, 11) is 2.94. The summed E-state index contributed by atoms with van der Waals surface area (Å²) in [6.45, 7) is 1.14. The van der Waals surface area contributed by atoms with Gasteiger partial charge in [0.2, 0.25) is 11.8 Å². The van der Waals surface area contributed by atoms with Crippen LogP contribution in [0.5, 0.6) is 23.0 Å². The maximum absolute atomic E-state index is 14.9. The van der Waals surface area contributed by atoms with Crippen molar-refractivity contribution in [3.05, 3.63) is 117 Å². The summed E-state index contributed by atoms with van der Waals surface area (Å²) in [5.41, 5.74) is 1.17. The molecule has 4 saturated heterocycles. The zero-order valence-electron chi connectivity index (χ0n) is 33.8. The van der Waals surface area contributed by atoms with Crippen LogP contribution in [-0.2, 0) is 20.7 Å². The van der Waals surface area contributed by atoms with E-state index in [9.17, 15) is 30.0 Å². The summed E-state index contributed by atoms with van der Waals surface area (Å²) in [5, 5.41) is 55.2. The number of ether oxygens (including phenoxy) is 2. The molecule has 4 aromatic rings. The summed E-state index contributed by atoms with van der Waals surface area (Å²) in [5.74, 6) is -3.25. The minimum Gasteiger partial charge on any atom is -0.512 e. The van der Waals surface area contributed by atoms with Gasteiger partial charge in [0.15, 0.2) is 23.0 Å². The topological polar surface area (TPSA) is 164 Å². The fourth-order valence-corrected chi connectivity index (χ4v) is 12.9. The molecule has 4 fully saturated rings. The molecule has 4 aromatic carbocycles. The Labute approximate surface area is 363 Å². The van der Waals surface area contributed by atoms with Gasteiger partial charge in [0, 0.05) is 62.4 Å². The first-order chi connectivity index (χ1) is 29.4. The zero-order valence-corrected chi connectivity index (χ0v) is 35.3. The van der Waals surface area contributed by atoms with E-state index < -0.39 is 40.9 Å². The van der Waals surface area contributed by atoms with Crippen LogP contribution in [-0.4, -0.2) is 87.5 Å².